The van der Waals surface area contributed by atoms with Crippen LogP contribution in [0.25, 0.3) is 5.82 Å². The molecule has 0 saturated carbocycles. The van der Waals surface area contributed by atoms with Gasteiger partial charge in [-0.05, 0) is 22.0 Å². The Labute approximate surface area is 109 Å². The summed E-state index contributed by atoms with van der Waals surface area (Å²) in [6, 6.07) is 2.21. The van der Waals surface area contributed by atoms with Crippen LogP contribution < -0.4 is 5.73 Å². The Morgan fingerprint density at radius 2 is 2.06 bits per heavy atom. The van der Waals surface area contributed by atoms with Crippen LogP contribution in [-0.2, 0) is 12.7 Å². The fourth-order valence-corrected chi connectivity index (χ4v) is 1.69. The van der Waals surface area contributed by atoms with Crippen molar-refractivity contribution in [2.75, 3.05) is 0 Å². The standard InChI is InChI=1S/C10H8BrF3N4/c11-7-4-16-18(5-7)9-6(3-15)1-2-8(17-9)10(12,13)14/h1-2,4-5H,3,15H2. The van der Waals surface area contributed by atoms with E-state index in [1.807, 2.05) is 0 Å². The lowest BCUT2D eigenvalue weighted by molar-refractivity contribution is -0.141. The van der Waals surface area contributed by atoms with E-state index in [2.05, 4.69) is 26.0 Å². The first kappa shape index (κ1) is 13.0. The monoisotopic (exact) mass is 320 g/mol. The molecule has 4 nitrogen and oxygen atoms in total. The molecule has 0 radical (unpaired) electrons. The molecule has 0 saturated heterocycles. The van der Waals surface area contributed by atoms with Gasteiger partial charge in [0.2, 0.25) is 0 Å². The third-order valence-electron chi connectivity index (χ3n) is 2.23. The number of nitrogens with zero attached hydrogens (tertiary/aromatic N) is 3. The summed E-state index contributed by atoms with van der Waals surface area (Å²) in [6.45, 7) is 0.0813. The predicted molar refractivity (Wildman–Crippen MR) is 62.0 cm³/mol. The van der Waals surface area contributed by atoms with Gasteiger partial charge in [-0.25, -0.2) is 9.67 Å². The Morgan fingerprint density at radius 1 is 1.33 bits per heavy atom. The number of aromatic nitrogens is 3. The van der Waals surface area contributed by atoms with E-state index in [9.17, 15) is 13.2 Å². The van der Waals surface area contributed by atoms with Gasteiger partial charge in [0.05, 0.1) is 10.7 Å². The van der Waals surface area contributed by atoms with Gasteiger partial charge in [0.15, 0.2) is 5.82 Å². The highest BCUT2D eigenvalue weighted by Gasteiger charge is 2.33. The van der Waals surface area contributed by atoms with Crippen LogP contribution in [0.3, 0.4) is 0 Å². The largest absolute Gasteiger partial charge is 0.433 e. The van der Waals surface area contributed by atoms with Crippen LogP contribution in [0.1, 0.15) is 11.3 Å². The van der Waals surface area contributed by atoms with E-state index in [-0.39, 0.29) is 12.4 Å². The van der Waals surface area contributed by atoms with Crippen molar-refractivity contribution in [2.24, 2.45) is 5.73 Å². The molecule has 2 heterocycles. The highest BCUT2D eigenvalue weighted by Crippen LogP contribution is 2.29. The minimum Gasteiger partial charge on any atom is -0.326 e. The summed E-state index contributed by atoms with van der Waals surface area (Å²) in [5, 5.41) is 3.90. The van der Waals surface area contributed by atoms with Gasteiger partial charge in [-0.15, -0.1) is 0 Å². The van der Waals surface area contributed by atoms with Crippen LogP contribution in [0.5, 0.6) is 0 Å². The normalized spacial score (nSPS) is 11.8. The zero-order valence-corrected chi connectivity index (χ0v) is 10.5. The number of rotatable bonds is 2. The zero-order chi connectivity index (χ0) is 13.3. The van der Waals surface area contributed by atoms with Gasteiger partial charge < -0.3 is 5.73 Å². The van der Waals surface area contributed by atoms with Gasteiger partial charge in [0.25, 0.3) is 0 Å². The molecule has 96 valence electrons. The van der Waals surface area contributed by atoms with Crippen LogP contribution >= 0.6 is 15.9 Å². The smallest absolute Gasteiger partial charge is 0.326 e. The number of alkyl halides is 3. The summed E-state index contributed by atoms with van der Waals surface area (Å²) >= 11 is 3.17. The Bertz CT molecular complexity index is 564. The molecule has 0 aromatic carbocycles. The average Bonchev–Trinajstić information content (AvgIpc) is 2.73. The number of halogens is 4. The first-order valence-corrected chi connectivity index (χ1v) is 5.69. The lowest BCUT2D eigenvalue weighted by atomic mass is 10.2. The second-order valence-corrected chi connectivity index (χ2v) is 4.40. The molecule has 0 aliphatic heterocycles. The SMILES string of the molecule is NCc1ccc(C(F)(F)F)nc1-n1cc(Br)cn1. The van der Waals surface area contributed by atoms with Gasteiger partial charge in [-0.3, -0.25) is 0 Å². The minimum atomic E-state index is -4.49. The van der Waals surface area contributed by atoms with E-state index in [1.54, 1.807) is 0 Å². The van der Waals surface area contributed by atoms with Crippen molar-refractivity contribution in [3.8, 4) is 5.82 Å². The van der Waals surface area contributed by atoms with Crippen molar-refractivity contribution in [3.63, 3.8) is 0 Å². The Hall–Kier alpha value is -1.41. The maximum absolute atomic E-state index is 12.6. The van der Waals surface area contributed by atoms with E-state index in [4.69, 9.17) is 5.73 Å². The molecule has 2 N–H and O–H groups in total. The van der Waals surface area contributed by atoms with E-state index < -0.39 is 11.9 Å². The van der Waals surface area contributed by atoms with Crippen LogP contribution in [0.4, 0.5) is 13.2 Å². The highest BCUT2D eigenvalue weighted by molar-refractivity contribution is 9.10. The van der Waals surface area contributed by atoms with Crippen molar-refractivity contribution in [1.29, 1.82) is 0 Å². The van der Waals surface area contributed by atoms with Crippen molar-refractivity contribution < 1.29 is 13.2 Å². The predicted octanol–water partition coefficient (Wildman–Crippen LogP) is 2.51. The van der Waals surface area contributed by atoms with Crippen LogP contribution in [0.15, 0.2) is 29.0 Å². The minimum absolute atomic E-state index is 0.0813. The van der Waals surface area contributed by atoms with Crippen molar-refractivity contribution in [1.82, 2.24) is 14.8 Å². The zero-order valence-electron chi connectivity index (χ0n) is 8.95. The quantitative estimate of drug-likeness (QED) is 0.925. The molecule has 0 bridgehead atoms. The summed E-state index contributed by atoms with van der Waals surface area (Å²) in [5.74, 6) is 0.0815. The Kier molecular flexibility index (Phi) is 3.40. The van der Waals surface area contributed by atoms with E-state index in [0.29, 0.717) is 10.0 Å². The van der Waals surface area contributed by atoms with Crippen LogP contribution in [0, 0.1) is 0 Å². The van der Waals surface area contributed by atoms with Crippen molar-refractivity contribution >= 4 is 15.9 Å². The Morgan fingerprint density at radius 3 is 2.56 bits per heavy atom. The van der Waals surface area contributed by atoms with Crippen LogP contribution in [-0.4, -0.2) is 14.8 Å². The van der Waals surface area contributed by atoms with Gasteiger partial charge in [0, 0.05) is 18.3 Å². The lowest BCUT2D eigenvalue weighted by Gasteiger charge is -2.11. The van der Waals surface area contributed by atoms with Crippen LogP contribution in [0.2, 0.25) is 0 Å². The van der Waals surface area contributed by atoms with Gasteiger partial charge >= 0.3 is 6.18 Å². The lowest BCUT2D eigenvalue weighted by Crippen LogP contribution is -2.14. The fraction of sp³-hybridized carbons (Fsp3) is 0.200. The molecule has 8 heteroatoms. The molecular weight excluding hydrogens is 313 g/mol. The molecule has 0 spiro atoms. The second-order valence-electron chi connectivity index (χ2n) is 3.48. The molecular formula is C10H8BrF3N4. The van der Waals surface area contributed by atoms with Gasteiger partial charge in [-0.2, -0.15) is 18.3 Å². The first-order valence-electron chi connectivity index (χ1n) is 4.89. The van der Waals surface area contributed by atoms with E-state index >= 15 is 0 Å². The summed E-state index contributed by atoms with van der Waals surface area (Å²) < 4.78 is 39.7. The van der Waals surface area contributed by atoms with Crippen molar-refractivity contribution in [2.45, 2.75) is 12.7 Å². The maximum Gasteiger partial charge on any atom is 0.433 e. The van der Waals surface area contributed by atoms with E-state index in [0.717, 1.165) is 6.07 Å². The number of pyridine rings is 1. The molecule has 18 heavy (non-hydrogen) atoms. The van der Waals surface area contributed by atoms with Gasteiger partial charge in [0.1, 0.15) is 5.69 Å². The fourth-order valence-electron chi connectivity index (χ4n) is 1.41. The van der Waals surface area contributed by atoms with Gasteiger partial charge in [-0.1, -0.05) is 6.07 Å². The molecule has 2 aromatic heterocycles. The molecule has 0 amide bonds. The molecule has 0 fully saturated rings. The summed E-state index contributed by atoms with van der Waals surface area (Å²) in [6.07, 6.45) is -1.52. The highest BCUT2D eigenvalue weighted by atomic mass is 79.9. The number of nitrogens with two attached hydrogens (primary N) is 1. The number of hydrogen-bond donors (Lipinski definition) is 1. The Balaban J connectivity index is 2.56. The molecule has 0 aliphatic rings. The molecule has 2 rings (SSSR count). The molecule has 2 aromatic rings. The number of hydrogen-bond acceptors (Lipinski definition) is 3. The first-order chi connectivity index (χ1) is 8.41. The molecule has 0 aliphatic carbocycles. The van der Waals surface area contributed by atoms with Crippen molar-refractivity contribution in [3.05, 3.63) is 40.3 Å². The van der Waals surface area contributed by atoms with E-state index in [1.165, 1.54) is 23.1 Å². The third-order valence-corrected chi connectivity index (χ3v) is 2.64. The maximum atomic E-state index is 12.6. The topological polar surface area (TPSA) is 56.7 Å². The third kappa shape index (κ3) is 2.54. The second kappa shape index (κ2) is 4.69. The molecule has 0 atom stereocenters. The summed E-state index contributed by atoms with van der Waals surface area (Å²) in [4.78, 5) is 3.57. The molecule has 0 unspecified atom stereocenters. The average molecular weight is 321 g/mol. The summed E-state index contributed by atoms with van der Waals surface area (Å²) in [7, 11) is 0. The summed E-state index contributed by atoms with van der Waals surface area (Å²) in [5.41, 5.74) is 4.99.